The average molecular weight is 308 g/mol. The maximum Gasteiger partial charge on any atom is 0.265 e. The first-order valence-corrected chi connectivity index (χ1v) is 8.18. The van der Waals surface area contributed by atoms with Gasteiger partial charge in [-0.1, -0.05) is 30.3 Å². The molecule has 0 bridgehead atoms. The van der Waals surface area contributed by atoms with Gasteiger partial charge < -0.3 is 14.5 Å². The van der Waals surface area contributed by atoms with E-state index in [1.807, 2.05) is 35.2 Å². The van der Waals surface area contributed by atoms with Gasteiger partial charge in [0.1, 0.15) is 5.75 Å². The molecule has 2 heterocycles. The number of aryl methyl sites for hydroxylation is 1. The molecular weight excluding hydrogens is 288 g/mol. The molecular formula is C19H20N2O2. The molecule has 0 aliphatic carbocycles. The van der Waals surface area contributed by atoms with E-state index >= 15 is 0 Å². The monoisotopic (exact) mass is 308 g/mol. The van der Waals surface area contributed by atoms with Crippen LogP contribution in [0.15, 0.2) is 48.5 Å². The molecule has 0 unspecified atom stereocenters. The fraction of sp³-hybridized carbons (Fsp3) is 0.316. The van der Waals surface area contributed by atoms with Gasteiger partial charge in [0.2, 0.25) is 0 Å². The predicted octanol–water partition coefficient (Wildman–Crippen LogP) is 2.86. The average Bonchev–Trinajstić information content (AvgIpc) is 2.61. The van der Waals surface area contributed by atoms with Crippen LogP contribution in [0.25, 0.3) is 0 Å². The van der Waals surface area contributed by atoms with Crippen LogP contribution < -0.4 is 14.5 Å². The van der Waals surface area contributed by atoms with Crippen molar-refractivity contribution in [3.63, 3.8) is 0 Å². The lowest BCUT2D eigenvalue weighted by Crippen LogP contribution is -2.47. The molecule has 2 aliphatic rings. The molecule has 0 spiro atoms. The predicted molar refractivity (Wildman–Crippen MR) is 91.3 cm³/mol. The van der Waals surface area contributed by atoms with Gasteiger partial charge in [-0.25, -0.2) is 0 Å². The summed E-state index contributed by atoms with van der Waals surface area (Å²) < 4.78 is 5.63. The molecule has 4 heteroatoms. The SMILES string of the molecule is O=C(COc1ccccc1)N1CCN2CCCc3cccc1c32. The highest BCUT2D eigenvalue weighted by molar-refractivity contribution is 5.99. The summed E-state index contributed by atoms with van der Waals surface area (Å²) in [5.74, 6) is 0.752. The molecule has 0 aromatic heterocycles. The largest absolute Gasteiger partial charge is 0.484 e. The summed E-state index contributed by atoms with van der Waals surface area (Å²) in [5.41, 5.74) is 3.64. The minimum absolute atomic E-state index is 0.0208. The summed E-state index contributed by atoms with van der Waals surface area (Å²) in [7, 11) is 0. The van der Waals surface area contributed by atoms with Crippen molar-refractivity contribution in [2.24, 2.45) is 0 Å². The maximum atomic E-state index is 12.6. The van der Waals surface area contributed by atoms with Crippen molar-refractivity contribution in [3.8, 4) is 5.75 Å². The van der Waals surface area contributed by atoms with E-state index < -0.39 is 0 Å². The zero-order valence-corrected chi connectivity index (χ0v) is 13.1. The van der Waals surface area contributed by atoms with E-state index in [4.69, 9.17) is 4.74 Å². The van der Waals surface area contributed by atoms with Crippen molar-refractivity contribution >= 4 is 17.3 Å². The molecule has 2 aromatic carbocycles. The van der Waals surface area contributed by atoms with Crippen LogP contribution in [0.4, 0.5) is 11.4 Å². The normalized spacial score (nSPS) is 16.0. The Morgan fingerprint density at radius 2 is 1.87 bits per heavy atom. The van der Waals surface area contributed by atoms with Gasteiger partial charge in [-0.2, -0.15) is 0 Å². The van der Waals surface area contributed by atoms with Crippen LogP contribution in [0.1, 0.15) is 12.0 Å². The fourth-order valence-electron chi connectivity index (χ4n) is 3.50. The van der Waals surface area contributed by atoms with Crippen molar-refractivity contribution in [3.05, 3.63) is 54.1 Å². The lowest BCUT2D eigenvalue weighted by molar-refractivity contribution is -0.120. The van der Waals surface area contributed by atoms with E-state index in [0.29, 0.717) is 0 Å². The highest BCUT2D eigenvalue weighted by atomic mass is 16.5. The first-order chi connectivity index (χ1) is 11.3. The Labute approximate surface area is 136 Å². The van der Waals surface area contributed by atoms with E-state index in [1.165, 1.54) is 17.7 Å². The van der Waals surface area contributed by atoms with Crippen molar-refractivity contribution in [1.82, 2.24) is 0 Å². The highest BCUT2D eigenvalue weighted by Crippen LogP contribution is 2.39. The molecule has 0 saturated heterocycles. The van der Waals surface area contributed by atoms with Gasteiger partial charge in [0.05, 0.1) is 11.4 Å². The van der Waals surface area contributed by atoms with Crippen molar-refractivity contribution in [2.75, 3.05) is 36.0 Å². The summed E-state index contributed by atoms with van der Waals surface area (Å²) >= 11 is 0. The molecule has 1 amide bonds. The Kier molecular flexibility index (Phi) is 3.66. The second-order valence-electron chi connectivity index (χ2n) is 6.02. The molecule has 4 rings (SSSR count). The molecule has 0 N–H and O–H groups in total. The molecule has 0 radical (unpaired) electrons. The molecule has 2 aromatic rings. The number of hydrogen-bond acceptors (Lipinski definition) is 3. The van der Waals surface area contributed by atoms with Crippen LogP contribution in [0.3, 0.4) is 0 Å². The third kappa shape index (κ3) is 2.65. The number of amides is 1. The zero-order chi connectivity index (χ0) is 15.6. The van der Waals surface area contributed by atoms with E-state index in [2.05, 4.69) is 23.1 Å². The van der Waals surface area contributed by atoms with Gasteiger partial charge >= 0.3 is 0 Å². The summed E-state index contributed by atoms with van der Waals surface area (Å²) in [5, 5.41) is 0. The van der Waals surface area contributed by atoms with Gasteiger partial charge in [0.25, 0.3) is 5.91 Å². The smallest absolute Gasteiger partial charge is 0.265 e. The van der Waals surface area contributed by atoms with Gasteiger partial charge in [-0.3, -0.25) is 4.79 Å². The minimum Gasteiger partial charge on any atom is -0.484 e. The quantitative estimate of drug-likeness (QED) is 0.874. The summed E-state index contributed by atoms with van der Waals surface area (Å²) in [6.07, 6.45) is 2.30. The fourth-order valence-corrected chi connectivity index (χ4v) is 3.50. The number of para-hydroxylation sites is 2. The van der Waals surface area contributed by atoms with Crippen LogP contribution in [0.5, 0.6) is 5.75 Å². The van der Waals surface area contributed by atoms with Crippen LogP contribution in [0, 0.1) is 0 Å². The van der Waals surface area contributed by atoms with Crippen molar-refractivity contribution in [1.29, 1.82) is 0 Å². The number of hydrogen-bond donors (Lipinski definition) is 0. The number of rotatable bonds is 3. The lowest BCUT2D eigenvalue weighted by atomic mass is 9.98. The Bertz CT molecular complexity index is 715. The molecule has 4 nitrogen and oxygen atoms in total. The van der Waals surface area contributed by atoms with Crippen molar-refractivity contribution in [2.45, 2.75) is 12.8 Å². The Balaban J connectivity index is 1.54. The van der Waals surface area contributed by atoms with Gasteiger partial charge in [0, 0.05) is 19.6 Å². The third-order valence-electron chi connectivity index (χ3n) is 4.58. The van der Waals surface area contributed by atoms with E-state index in [0.717, 1.165) is 37.5 Å². The zero-order valence-electron chi connectivity index (χ0n) is 13.1. The Morgan fingerprint density at radius 3 is 2.74 bits per heavy atom. The highest BCUT2D eigenvalue weighted by Gasteiger charge is 2.30. The molecule has 118 valence electrons. The van der Waals surface area contributed by atoms with Crippen LogP contribution >= 0.6 is 0 Å². The van der Waals surface area contributed by atoms with Crippen LogP contribution in [0.2, 0.25) is 0 Å². The first kappa shape index (κ1) is 14.1. The standard InChI is InChI=1S/C19H20N2O2/c22-18(14-23-16-8-2-1-3-9-16)21-13-12-20-11-5-7-15-6-4-10-17(21)19(15)20/h1-4,6,8-10H,5,7,11-14H2. The Hall–Kier alpha value is -2.49. The van der Waals surface area contributed by atoms with Gasteiger partial charge in [-0.15, -0.1) is 0 Å². The van der Waals surface area contributed by atoms with E-state index in [-0.39, 0.29) is 12.5 Å². The van der Waals surface area contributed by atoms with E-state index in [1.54, 1.807) is 0 Å². The molecule has 0 atom stereocenters. The first-order valence-electron chi connectivity index (χ1n) is 8.18. The number of carbonyl (C=O) groups excluding carboxylic acids is 1. The third-order valence-corrected chi connectivity index (χ3v) is 4.58. The summed E-state index contributed by atoms with van der Waals surface area (Å²) in [6.45, 7) is 2.80. The number of benzene rings is 2. The summed E-state index contributed by atoms with van der Waals surface area (Å²) in [4.78, 5) is 16.9. The minimum atomic E-state index is 0.0208. The number of anilines is 2. The van der Waals surface area contributed by atoms with Gasteiger partial charge in [-0.05, 0) is 36.6 Å². The number of nitrogens with zero attached hydrogens (tertiary/aromatic N) is 2. The summed E-state index contributed by atoms with van der Waals surface area (Å²) in [6, 6.07) is 15.8. The molecule has 2 aliphatic heterocycles. The lowest BCUT2D eigenvalue weighted by Gasteiger charge is -2.41. The Morgan fingerprint density at radius 1 is 1.00 bits per heavy atom. The van der Waals surface area contributed by atoms with Gasteiger partial charge in [0.15, 0.2) is 6.61 Å². The molecule has 0 saturated carbocycles. The number of ether oxygens (including phenoxy) is 1. The van der Waals surface area contributed by atoms with Crippen molar-refractivity contribution < 1.29 is 9.53 Å². The molecule has 23 heavy (non-hydrogen) atoms. The topological polar surface area (TPSA) is 32.8 Å². The number of carbonyl (C=O) groups is 1. The second-order valence-corrected chi connectivity index (χ2v) is 6.02. The second kappa shape index (κ2) is 5.95. The molecule has 0 fully saturated rings. The van der Waals surface area contributed by atoms with Crippen LogP contribution in [-0.2, 0) is 11.2 Å². The van der Waals surface area contributed by atoms with E-state index in [9.17, 15) is 4.79 Å². The van der Waals surface area contributed by atoms with Crippen LogP contribution in [-0.4, -0.2) is 32.1 Å². The maximum absolute atomic E-state index is 12.6.